The van der Waals surface area contributed by atoms with Crippen molar-refractivity contribution in [1.29, 1.82) is 0 Å². The van der Waals surface area contributed by atoms with E-state index in [0.717, 1.165) is 31.5 Å². The first kappa shape index (κ1) is 16.0. The van der Waals surface area contributed by atoms with Gasteiger partial charge in [0.2, 0.25) is 5.91 Å². The maximum Gasteiger partial charge on any atom is 0.220 e. The maximum absolute atomic E-state index is 13.0. The van der Waals surface area contributed by atoms with Gasteiger partial charge in [0.25, 0.3) is 0 Å². The number of carbonyl (C=O) groups is 1. The lowest BCUT2D eigenvalue weighted by atomic mass is 9.92. The molecular formula is C17H25FN2O. The molecule has 1 unspecified atom stereocenters. The normalized spacial score (nSPS) is 17.7. The first-order valence-electron chi connectivity index (χ1n) is 7.82. The van der Waals surface area contributed by atoms with Crippen molar-refractivity contribution in [1.82, 2.24) is 10.6 Å². The van der Waals surface area contributed by atoms with Crippen LogP contribution in [0.1, 0.15) is 44.7 Å². The van der Waals surface area contributed by atoms with Crippen molar-refractivity contribution in [3.05, 3.63) is 35.6 Å². The van der Waals surface area contributed by atoms with Gasteiger partial charge in [-0.1, -0.05) is 26.0 Å². The van der Waals surface area contributed by atoms with Gasteiger partial charge in [0.1, 0.15) is 5.82 Å². The summed E-state index contributed by atoms with van der Waals surface area (Å²) in [5.74, 6) is 0.604. The van der Waals surface area contributed by atoms with Crippen molar-refractivity contribution in [2.24, 2.45) is 11.8 Å². The van der Waals surface area contributed by atoms with Crippen LogP contribution in [-0.2, 0) is 4.79 Å². The van der Waals surface area contributed by atoms with E-state index < -0.39 is 0 Å². The number of hydrogen-bond donors (Lipinski definition) is 2. The standard InChI is InChI=1S/C17H25FN2O/c1-12(2)17(14-3-5-15(18)6-4-14)20-16(21)11-13-7-9-19-10-8-13/h3-6,12-13,17,19H,7-11H2,1-2H3,(H,20,21). The van der Waals surface area contributed by atoms with Crippen molar-refractivity contribution < 1.29 is 9.18 Å². The molecule has 1 aliphatic heterocycles. The highest BCUT2D eigenvalue weighted by molar-refractivity contribution is 5.76. The molecule has 2 N–H and O–H groups in total. The Morgan fingerprint density at radius 2 is 1.90 bits per heavy atom. The van der Waals surface area contributed by atoms with Crippen LogP contribution in [0.25, 0.3) is 0 Å². The van der Waals surface area contributed by atoms with Crippen molar-refractivity contribution in [3.8, 4) is 0 Å². The van der Waals surface area contributed by atoms with Crippen molar-refractivity contribution in [3.63, 3.8) is 0 Å². The quantitative estimate of drug-likeness (QED) is 0.876. The van der Waals surface area contributed by atoms with E-state index in [1.54, 1.807) is 12.1 Å². The fourth-order valence-corrected chi connectivity index (χ4v) is 2.89. The highest BCUT2D eigenvalue weighted by atomic mass is 19.1. The molecule has 1 fully saturated rings. The Morgan fingerprint density at radius 3 is 2.48 bits per heavy atom. The number of rotatable bonds is 5. The molecule has 0 bridgehead atoms. The average Bonchev–Trinajstić information content (AvgIpc) is 2.47. The summed E-state index contributed by atoms with van der Waals surface area (Å²) >= 11 is 0. The zero-order chi connectivity index (χ0) is 15.2. The summed E-state index contributed by atoms with van der Waals surface area (Å²) in [5, 5.41) is 6.43. The molecule has 21 heavy (non-hydrogen) atoms. The Kier molecular flexibility index (Phi) is 5.74. The lowest BCUT2D eigenvalue weighted by Crippen LogP contribution is -2.35. The van der Waals surface area contributed by atoms with Crippen molar-refractivity contribution in [2.75, 3.05) is 13.1 Å². The molecule has 2 rings (SSSR count). The van der Waals surface area contributed by atoms with Crippen LogP contribution in [0, 0.1) is 17.7 Å². The Hall–Kier alpha value is -1.42. The number of nitrogens with one attached hydrogen (secondary N) is 2. The number of amides is 1. The highest BCUT2D eigenvalue weighted by Gasteiger charge is 2.21. The zero-order valence-electron chi connectivity index (χ0n) is 12.9. The van der Waals surface area contributed by atoms with Crippen molar-refractivity contribution >= 4 is 5.91 Å². The number of carbonyl (C=O) groups excluding carboxylic acids is 1. The van der Waals surface area contributed by atoms with E-state index in [-0.39, 0.29) is 23.7 Å². The molecule has 4 heteroatoms. The number of piperidine rings is 1. The van der Waals surface area contributed by atoms with Crippen LogP contribution in [0.3, 0.4) is 0 Å². The molecule has 1 amide bonds. The summed E-state index contributed by atoms with van der Waals surface area (Å²) in [5.41, 5.74) is 0.963. The van der Waals surface area contributed by atoms with E-state index in [1.807, 2.05) is 0 Å². The molecule has 1 aliphatic rings. The smallest absolute Gasteiger partial charge is 0.220 e. The Bertz CT molecular complexity index is 452. The molecule has 1 aromatic rings. The molecule has 1 aromatic carbocycles. The summed E-state index contributed by atoms with van der Waals surface area (Å²) < 4.78 is 13.0. The average molecular weight is 292 g/mol. The minimum absolute atomic E-state index is 0.0557. The van der Waals surface area contributed by atoms with E-state index in [4.69, 9.17) is 0 Å². The SMILES string of the molecule is CC(C)C(NC(=O)CC1CCNCC1)c1ccc(F)cc1. The van der Waals surface area contributed by atoms with Crippen LogP contribution in [0.4, 0.5) is 4.39 Å². The minimum Gasteiger partial charge on any atom is -0.349 e. The summed E-state index contributed by atoms with van der Waals surface area (Å²) in [7, 11) is 0. The third kappa shape index (κ3) is 4.81. The molecule has 0 saturated carbocycles. The van der Waals surface area contributed by atoms with Gasteiger partial charge in [0.05, 0.1) is 6.04 Å². The third-order valence-corrected chi connectivity index (χ3v) is 4.15. The summed E-state index contributed by atoms with van der Waals surface area (Å²) in [4.78, 5) is 12.3. The van der Waals surface area contributed by atoms with Gasteiger partial charge in [0.15, 0.2) is 0 Å². The summed E-state index contributed by atoms with van der Waals surface area (Å²) in [6.45, 7) is 6.14. The molecular weight excluding hydrogens is 267 g/mol. The van der Waals surface area contributed by atoms with Crippen LogP contribution >= 0.6 is 0 Å². The van der Waals surface area contributed by atoms with E-state index in [9.17, 15) is 9.18 Å². The van der Waals surface area contributed by atoms with Gasteiger partial charge in [-0.3, -0.25) is 4.79 Å². The molecule has 3 nitrogen and oxygen atoms in total. The summed E-state index contributed by atoms with van der Waals surface area (Å²) in [6, 6.07) is 6.35. The predicted molar refractivity (Wildman–Crippen MR) is 82.3 cm³/mol. The molecule has 0 spiro atoms. The fourth-order valence-electron chi connectivity index (χ4n) is 2.89. The maximum atomic E-state index is 13.0. The van der Waals surface area contributed by atoms with Gasteiger partial charge in [0, 0.05) is 6.42 Å². The second-order valence-electron chi connectivity index (χ2n) is 6.24. The lowest BCUT2D eigenvalue weighted by molar-refractivity contribution is -0.123. The third-order valence-electron chi connectivity index (χ3n) is 4.15. The number of hydrogen-bond acceptors (Lipinski definition) is 2. The van der Waals surface area contributed by atoms with Gasteiger partial charge in [-0.05, 0) is 55.5 Å². The van der Waals surface area contributed by atoms with Crippen LogP contribution < -0.4 is 10.6 Å². The highest BCUT2D eigenvalue weighted by Crippen LogP contribution is 2.23. The molecule has 0 radical (unpaired) electrons. The number of benzene rings is 1. The van der Waals surface area contributed by atoms with Gasteiger partial charge < -0.3 is 10.6 Å². The van der Waals surface area contributed by atoms with Gasteiger partial charge in [-0.2, -0.15) is 0 Å². The molecule has 0 aromatic heterocycles. The van der Waals surface area contributed by atoms with Crippen LogP contribution in [0.15, 0.2) is 24.3 Å². The van der Waals surface area contributed by atoms with E-state index in [2.05, 4.69) is 24.5 Å². The second kappa shape index (κ2) is 7.55. The van der Waals surface area contributed by atoms with Crippen molar-refractivity contribution in [2.45, 2.75) is 39.2 Å². The molecule has 116 valence electrons. The minimum atomic E-state index is -0.248. The predicted octanol–water partition coefficient (Wildman–Crippen LogP) is 3.03. The first-order valence-corrected chi connectivity index (χ1v) is 7.82. The van der Waals surface area contributed by atoms with E-state index >= 15 is 0 Å². The van der Waals surface area contributed by atoms with Gasteiger partial charge >= 0.3 is 0 Å². The Labute approximate surface area is 126 Å². The van der Waals surface area contributed by atoms with Crippen LogP contribution in [0.2, 0.25) is 0 Å². The van der Waals surface area contributed by atoms with E-state index in [1.165, 1.54) is 12.1 Å². The number of halogens is 1. The first-order chi connectivity index (χ1) is 10.1. The van der Waals surface area contributed by atoms with Crippen LogP contribution in [0.5, 0.6) is 0 Å². The molecule has 0 aliphatic carbocycles. The lowest BCUT2D eigenvalue weighted by Gasteiger charge is -2.26. The monoisotopic (exact) mass is 292 g/mol. The van der Waals surface area contributed by atoms with Gasteiger partial charge in [-0.25, -0.2) is 4.39 Å². The van der Waals surface area contributed by atoms with Crippen LogP contribution in [-0.4, -0.2) is 19.0 Å². The second-order valence-corrected chi connectivity index (χ2v) is 6.24. The molecule has 1 heterocycles. The molecule has 1 saturated heterocycles. The Morgan fingerprint density at radius 1 is 1.29 bits per heavy atom. The zero-order valence-corrected chi connectivity index (χ0v) is 12.9. The topological polar surface area (TPSA) is 41.1 Å². The Balaban J connectivity index is 1.95. The largest absolute Gasteiger partial charge is 0.349 e. The summed E-state index contributed by atoms with van der Waals surface area (Å²) in [6.07, 6.45) is 2.72. The fraction of sp³-hybridized carbons (Fsp3) is 0.588. The molecule has 1 atom stereocenters. The van der Waals surface area contributed by atoms with E-state index in [0.29, 0.717) is 12.3 Å². The van der Waals surface area contributed by atoms with Gasteiger partial charge in [-0.15, -0.1) is 0 Å².